The van der Waals surface area contributed by atoms with Gasteiger partial charge in [0.2, 0.25) is 0 Å². The van der Waals surface area contributed by atoms with Crippen LogP contribution < -0.4 is 5.32 Å². The van der Waals surface area contributed by atoms with Gasteiger partial charge in [-0.3, -0.25) is 4.98 Å². The van der Waals surface area contributed by atoms with E-state index < -0.39 is 0 Å². The standard InChI is InChI=1S/C18H21N3O/c1-14(17-9-5-6-12-19-17)21(18(22)20-16-10-11-16)13-15-7-3-2-4-8-15/h2-9,12,14,16H,10-11,13H2,1H3,(H,20,22)/t14-/m1/s1. The molecule has 0 unspecified atom stereocenters. The van der Waals surface area contributed by atoms with Gasteiger partial charge in [-0.2, -0.15) is 0 Å². The molecule has 1 atom stereocenters. The van der Waals surface area contributed by atoms with Gasteiger partial charge >= 0.3 is 6.03 Å². The first-order chi connectivity index (χ1) is 10.7. The Hall–Kier alpha value is -2.36. The predicted octanol–water partition coefficient (Wildman–Crippen LogP) is 3.52. The number of aromatic nitrogens is 1. The third-order valence-electron chi connectivity index (χ3n) is 3.94. The van der Waals surface area contributed by atoms with E-state index >= 15 is 0 Å². The summed E-state index contributed by atoms with van der Waals surface area (Å²) in [6.07, 6.45) is 3.94. The van der Waals surface area contributed by atoms with Gasteiger partial charge in [-0.25, -0.2) is 4.79 Å². The highest BCUT2D eigenvalue weighted by Crippen LogP contribution is 2.24. The Morgan fingerprint density at radius 3 is 2.59 bits per heavy atom. The second kappa shape index (κ2) is 6.60. The van der Waals surface area contributed by atoms with Crippen LogP contribution in [0.25, 0.3) is 0 Å². The monoisotopic (exact) mass is 295 g/mol. The van der Waals surface area contributed by atoms with Crippen molar-refractivity contribution < 1.29 is 4.79 Å². The number of hydrogen-bond donors (Lipinski definition) is 1. The molecule has 0 spiro atoms. The van der Waals surface area contributed by atoms with Gasteiger partial charge in [0.05, 0.1) is 11.7 Å². The highest BCUT2D eigenvalue weighted by molar-refractivity contribution is 5.75. The average Bonchev–Trinajstić information content (AvgIpc) is 3.37. The molecule has 2 amide bonds. The summed E-state index contributed by atoms with van der Waals surface area (Å²) in [5.74, 6) is 0. The topological polar surface area (TPSA) is 45.2 Å². The van der Waals surface area contributed by atoms with Crippen molar-refractivity contribution in [3.8, 4) is 0 Å². The van der Waals surface area contributed by atoms with Crippen LogP contribution in [0.4, 0.5) is 4.79 Å². The van der Waals surface area contributed by atoms with Crippen molar-refractivity contribution in [3.63, 3.8) is 0 Å². The van der Waals surface area contributed by atoms with E-state index in [0.29, 0.717) is 12.6 Å². The van der Waals surface area contributed by atoms with Crippen molar-refractivity contribution in [1.29, 1.82) is 0 Å². The zero-order valence-electron chi connectivity index (χ0n) is 12.8. The number of benzene rings is 1. The van der Waals surface area contributed by atoms with E-state index in [2.05, 4.69) is 10.3 Å². The summed E-state index contributed by atoms with van der Waals surface area (Å²) >= 11 is 0. The van der Waals surface area contributed by atoms with Crippen LogP contribution in [0.3, 0.4) is 0 Å². The fourth-order valence-corrected chi connectivity index (χ4v) is 2.43. The third-order valence-corrected chi connectivity index (χ3v) is 3.94. The fourth-order valence-electron chi connectivity index (χ4n) is 2.43. The smallest absolute Gasteiger partial charge is 0.318 e. The van der Waals surface area contributed by atoms with Crippen LogP contribution in [0.15, 0.2) is 54.7 Å². The lowest BCUT2D eigenvalue weighted by Crippen LogP contribution is -2.42. The van der Waals surface area contributed by atoms with Crippen LogP contribution in [0.2, 0.25) is 0 Å². The molecule has 3 rings (SSSR count). The van der Waals surface area contributed by atoms with Crippen molar-refractivity contribution in [1.82, 2.24) is 15.2 Å². The zero-order chi connectivity index (χ0) is 15.4. The number of hydrogen-bond acceptors (Lipinski definition) is 2. The molecule has 1 aliphatic rings. The molecule has 0 aliphatic heterocycles. The Morgan fingerprint density at radius 2 is 1.95 bits per heavy atom. The van der Waals surface area contributed by atoms with Gasteiger partial charge in [-0.1, -0.05) is 36.4 Å². The number of rotatable bonds is 5. The molecule has 22 heavy (non-hydrogen) atoms. The van der Waals surface area contributed by atoms with Gasteiger partial charge in [0.15, 0.2) is 0 Å². The van der Waals surface area contributed by atoms with Crippen LogP contribution in [-0.4, -0.2) is 22.0 Å². The van der Waals surface area contributed by atoms with Crippen LogP contribution >= 0.6 is 0 Å². The van der Waals surface area contributed by atoms with Crippen LogP contribution in [0.1, 0.15) is 37.1 Å². The average molecular weight is 295 g/mol. The van der Waals surface area contributed by atoms with Crippen molar-refractivity contribution >= 4 is 6.03 Å². The lowest BCUT2D eigenvalue weighted by molar-refractivity contribution is 0.173. The normalized spacial score (nSPS) is 15.1. The minimum Gasteiger partial charge on any atom is -0.335 e. The molecule has 4 nitrogen and oxygen atoms in total. The molecular formula is C18H21N3O. The minimum absolute atomic E-state index is 0.00972. The summed E-state index contributed by atoms with van der Waals surface area (Å²) in [7, 11) is 0. The largest absolute Gasteiger partial charge is 0.335 e. The molecular weight excluding hydrogens is 274 g/mol. The first-order valence-electron chi connectivity index (χ1n) is 7.76. The molecule has 1 fully saturated rings. The molecule has 2 aromatic rings. The molecule has 1 N–H and O–H groups in total. The molecule has 114 valence electrons. The lowest BCUT2D eigenvalue weighted by atomic mass is 10.1. The van der Waals surface area contributed by atoms with E-state index in [1.54, 1.807) is 6.20 Å². The Kier molecular flexibility index (Phi) is 4.37. The van der Waals surface area contributed by atoms with Gasteiger partial charge in [-0.15, -0.1) is 0 Å². The van der Waals surface area contributed by atoms with Gasteiger partial charge < -0.3 is 10.2 Å². The molecule has 0 saturated heterocycles. The zero-order valence-corrected chi connectivity index (χ0v) is 12.8. The van der Waals surface area contributed by atoms with Crippen molar-refractivity contribution in [2.24, 2.45) is 0 Å². The van der Waals surface area contributed by atoms with Crippen molar-refractivity contribution in [3.05, 3.63) is 66.0 Å². The van der Waals surface area contributed by atoms with Crippen molar-refractivity contribution in [2.75, 3.05) is 0 Å². The second-order valence-corrected chi connectivity index (χ2v) is 5.77. The van der Waals surface area contributed by atoms with Crippen LogP contribution in [0.5, 0.6) is 0 Å². The molecule has 1 heterocycles. The quantitative estimate of drug-likeness (QED) is 0.917. The highest BCUT2D eigenvalue weighted by Gasteiger charge is 2.28. The Balaban J connectivity index is 1.79. The van der Waals surface area contributed by atoms with Gasteiger partial charge in [0.1, 0.15) is 0 Å². The van der Waals surface area contributed by atoms with Crippen LogP contribution in [-0.2, 0) is 6.54 Å². The first kappa shape index (κ1) is 14.6. The number of amides is 2. The number of urea groups is 1. The molecule has 0 radical (unpaired) electrons. The van der Waals surface area contributed by atoms with E-state index in [9.17, 15) is 4.79 Å². The molecule has 1 aliphatic carbocycles. The SMILES string of the molecule is C[C@H](c1ccccn1)N(Cc1ccccc1)C(=O)NC1CC1. The van der Waals surface area contributed by atoms with E-state index in [-0.39, 0.29) is 12.1 Å². The van der Waals surface area contributed by atoms with Gasteiger partial charge in [-0.05, 0) is 37.5 Å². The number of carbonyl (C=O) groups excluding carboxylic acids is 1. The summed E-state index contributed by atoms with van der Waals surface area (Å²) in [6, 6.07) is 16.2. The van der Waals surface area contributed by atoms with Crippen LogP contribution in [0, 0.1) is 0 Å². The molecule has 4 heteroatoms. The predicted molar refractivity (Wildman–Crippen MR) is 86.2 cm³/mol. The Morgan fingerprint density at radius 1 is 1.23 bits per heavy atom. The summed E-state index contributed by atoms with van der Waals surface area (Å²) in [5, 5.41) is 3.08. The number of nitrogens with one attached hydrogen (secondary N) is 1. The third kappa shape index (κ3) is 3.64. The fraction of sp³-hybridized carbons (Fsp3) is 0.333. The minimum atomic E-state index is -0.0693. The van der Waals surface area contributed by atoms with E-state index in [1.165, 1.54) is 0 Å². The van der Waals surface area contributed by atoms with Gasteiger partial charge in [0, 0.05) is 18.8 Å². The highest BCUT2D eigenvalue weighted by atomic mass is 16.2. The molecule has 0 bridgehead atoms. The Labute approximate surface area is 131 Å². The van der Waals surface area contributed by atoms with E-state index in [4.69, 9.17) is 0 Å². The summed E-state index contributed by atoms with van der Waals surface area (Å²) in [6.45, 7) is 2.61. The number of nitrogens with zero attached hydrogens (tertiary/aromatic N) is 2. The van der Waals surface area contributed by atoms with E-state index in [1.807, 2.05) is 60.4 Å². The summed E-state index contributed by atoms with van der Waals surface area (Å²) in [5.41, 5.74) is 2.03. The summed E-state index contributed by atoms with van der Waals surface area (Å²) < 4.78 is 0. The van der Waals surface area contributed by atoms with Gasteiger partial charge in [0.25, 0.3) is 0 Å². The molecule has 1 aromatic carbocycles. The number of carbonyl (C=O) groups is 1. The number of pyridine rings is 1. The maximum Gasteiger partial charge on any atom is 0.318 e. The first-order valence-corrected chi connectivity index (χ1v) is 7.76. The Bertz CT molecular complexity index is 611. The molecule has 1 saturated carbocycles. The van der Waals surface area contributed by atoms with E-state index in [0.717, 1.165) is 24.1 Å². The lowest BCUT2D eigenvalue weighted by Gasteiger charge is -2.29. The maximum absolute atomic E-state index is 12.6. The van der Waals surface area contributed by atoms with Crippen molar-refractivity contribution in [2.45, 2.75) is 38.4 Å². The second-order valence-electron chi connectivity index (χ2n) is 5.77. The molecule has 1 aromatic heterocycles. The summed E-state index contributed by atoms with van der Waals surface area (Å²) in [4.78, 5) is 18.9. The maximum atomic E-state index is 12.6.